The van der Waals surface area contributed by atoms with Crippen LogP contribution in [0, 0.1) is 0 Å². The molecule has 0 aliphatic carbocycles. The monoisotopic (exact) mass is 447 g/mol. The van der Waals surface area contributed by atoms with E-state index in [4.69, 9.17) is 4.74 Å². The van der Waals surface area contributed by atoms with E-state index in [0.717, 1.165) is 17.5 Å². The summed E-state index contributed by atoms with van der Waals surface area (Å²) in [6.45, 7) is 6.23. The number of ether oxygens (including phenoxy) is 1. The lowest BCUT2D eigenvalue weighted by Crippen LogP contribution is -2.48. The molecule has 0 fully saturated rings. The number of carbonyl (C=O) groups is 3. The van der Waals surface area contributed by atoms with Crippen molar-refractivity contribution in [2.45, 2.75) is 33.2 Å². The van der Waals surface area contributed by atoms with Crippen LogP contribution in [0.2, 0.25) is 0 Å². The van der Waals surface area contributed by atoms with Gasteiger partial charge in [0.15, 0.2) is 0 Å². The highest BCUT2D eigenvalue weighted by molar-refractivity contribution is 6.02. The zero-order valence-electron chi connectivity index (χ0n) is 19.1. The normalized spacial score (nSPS) is 16.0. The van der Waals surface area contributed by atoms with Crippen LogP contribution in [0.4, 0.5) is 10.5 Å². The van der Waals surface area contributed by atoms with Crippen LogP contribution in [-0.2, 0) is 14.3 Å². The van der Waals surface area contributed by atoms with Crippen molar-refractivity contribution in [1.29, 1.82) is 0 Å². The fourth-order valence-corrected chi connectivity index (χ4v) is 3.68. The van der Waals surface area contributed by atoms with Gasteiger partial charge < -0.3 is 15.4 Å². The van der Waals surface area contributed by atoms with E-state index in [1.807, 2.05) is 37.3 Å². The molecule has 0 unspecified atom stereocenters. The predicted octanol–water partition coefficient (Wildman–Crippen LogP) is 4.65. The first kappa shape index (κ1) is 23.8. The number of carbonyl (C=O) groups excluding carboxylic acids is 3. The van der Waals surface area contributed by atoms with E-state index in [9.17, 15) is 14.4 Å². The molecular formula is C26H29N3O4. The summed E-state index contributed by atoms with van der Waals surface area (Å²) in [7, 11) is 0. The number of urea groups is 1. The number of anilines is 1. The molecule has 2 aromatic rings. The second-order valence-corrected chi connectivity index (χ2v) is 7.61. The lowest BCUT2D eigenvalue weighted by molar-refractivity contribution is -0.139. The van der Waals surface area contributed by atoms with Crippen molar-refractivity contribution in [3.63, 3.8) is 0 Å². The minimum Gasteiger partial charge on any atom is -0.463 e. The van der Waals surface area contributed by atoms with E-state index in [2.05, 4.69) is 10.6 Å². The Morgan fingerprint density at radius 2 is 1.79 bits per heavy atom. The third-order valence-electron chi connectivity index (χ3n) is 5.28. The average Bonchev–Trinajstić information content (AvgIpc) is 2.81. The minimum atomic E-state index is -0.632. The SMILES string of the molecule is CCCN1C(=O)N[C@@H](c2ccc(NC(=O)/C=C/c3ccccc3)cc2)C(C(=O)OCC)=C1C. The van der Waals surface area contributed by atoms with Crippen molar-refractivity contribution in [3.05, 3.63) is 83.1 Å². The molecule has 0 radical (unpaired) electrons. The zero-order chi connectivity index (χ0) is 23.8. The number of amides is 3. The lowest BCUT2D eigenvalue weighted by atomic mass is 9.94. The van der Waals surface area contributed by atoms with Gasteiger partial charge in [-0.15, -0.1) is 0 Å². The van der Waals surface area contributed by atoms with Gasteiger partial charge in [0.25, 0.3) is 0 Å². The highest BCUT2D eigenvalue weighted by Gasteiger charge is 2.36. The zero-order valence-corrected chi connectivity index (χ0v) is 19.1. The molecule has 0 bridgehead atoms. The summed E-state index contributed by atoms with van der Waals surface area (Å²) >= 11 is 0. The third-order valence-corrected chi connectivity index (χ3v) is 5.28. The number of hydrogen-bond donors (Lipinski definition) is 2. The summed E-state index contributed by atoms with van der Waals surface area (Å²) in [6, 6.07) is 15.7. The molecule has 1 heterocycles. The molecule has 1 aliphatic rings. The van der Waals surface area contributed by atoms with Gasteiger partial charge in [-0.3, -0.25) is 9.69 Å². The smallest absolute Gasteiger partial charge is 0.338 e. The summed E-state index contributed by atoms with van der Waals surface area (Å²) in [6.07, 6.45) is 3.97. The molecular weight excluding hydrogens is 418 g/mol. The average molecular weight is 448 g/mol. The Kier molecular flexibility index (Phi) is 8.02. The van der Waals surface area contributed by atoms with Crippen molar-refractivity contribution in [2.24, 2.45) is 0 Å². The third kappa shape index (κ3) is 5.88. The predicted molar refractivity (Wildman–Crippen MR) is 128 cm³/mol. The number of nitrogens with zero attached hydrogens (tertiary/aromatic N) is 1. The van der Waals surface area contributed by atoms with E-state index >= 15 is 0 Å². The van der Waals surface area contributed by atoms with E-state index in [-0.39, 0.29) is 18.5 Å². The first-order valence-electron chi connectivity index (χ1n) is 11.0. The van der Waals surface area contributed by atoms with Crippen molar-refractivity contribution < 1.29 is 19.1 Å². The molecule has 3 rings (SSSR count). The van der Waals surface area contributed by atoms with Crippen LogP contribution in [0.1, 0.15) is 44.4 Å². The van der Waals surface area contributed by atoms with Gasteiger partial charge in [0.2, 0.25) is 5.91 Å². The molecule has 0 spiro atoms. The van der Waals surface area contributed by atoms with Gasteiger partial charge in [0, 0.05) is 24.0 Å². The fourth-order valence-electron chi connectivity index (χ4n) is 3.68. The second-order valence-electron chi connectivity index (χ2n) is 7.61. The number of allylic oxidation sites excluding steroid dienone is 1. The van der Waals surface area contributed by atoms with Crippen LogP contribution >= 0.6 is 0 Å². The molecule has 2 N–H and O–H groups in total. The maximum atomic E-state index is 12.7. The molecule has 1 aliphatic heterocycles. The van der Waals surface area contributed by atoms with Gasteiger partial charge >= 0.3 is 12.0 Å². The fraction of sp³-hybridized carbons (Fsp3) is 0.269. The molecule has 1 atom stereocenters. The van der Waals surface area contributed by atoms with Gasteiger partial charge in [0.1, 0.15) is 0 Å². The van der Waals surface area contributed by atoms with Crippen molar-refractivity contribution >= 4 is 29.7 Å². The molecule has 0 saturated heterocycles. The van der Waals surface area contributed by atoms with Crippen LogP contribution in [0.15, 0.2) is 71.9 Å². The van der Waals surface area contributed by atoms with E-state index in [1.54, 1.807) is 49.1 Å². The molecule has 7 nitrogen and oxygen atoms in total. The Balaban J connectivity index is 1.79. The number of benzene rings is 2. The number of esters is 1. The molecule has 33 heavy (non-hydrogen) atoms. The Morgan fingerprint density at radius 3 is 2.42 bits per heavy atom. The van der Waals surface area contributed by atoms with Gasteiger partial charge in [-0.05, 0) is 49.6 Å². The standard InChI is InChI=1S/C26H29N3O4/c1-4-17-29-18(3)23(25(31)33-5-2)24(28-26(29)32)20-12-14-21(15-13-20)27-22(30)16-11-19-9-7-6-8-10-19/h6-16,24H,4-5,17H2,1-3H3,(H,27,30)(H,28,32)/b16-11+/t24-/m0/s1. The van der Waals surface area contributed by atoms with E-state index in [0.29, 0.717) is 23.5 Å². The Hall–Kier alpha value is -3.87. The van der Waals surface area contributed by atoms with Crippen molar-refractivity contribution in [2.75, 3.05) is 18.5 Å². The Bertz CT molecular complexity index is 1060. The van der Waals surface area contributed by atoms with Crippen LogP contribution < -0.4 is 10.6 Å². The van der Waals surface area contributed by atoms with Crippen molar-refractivity contribution in [1.82, 2.24) is 10.2 Å². The Morgan fingerprint density at radius 1 is 1.09 bits per heavy atom. The molecule has 2 aromatic carbocycles. The van der Waals surface area contributed by atoms with Crippen LogP contribution in [0.5, 0.6) is 0 Å². The molecule has 0 aromatic heterocycles. The highest BCUT2D eigenvalue weighted by atomic mass is 16.5. The summed E-state index contributed by atoms with van der Waals surface area (Å²) in [5.41, 5.74) is 3.26. The van der Waals surface area contributed by atoms with Gasteiger partial charge in [0.05, 0.1) is 18.2 Å². The van der Waals surface area contributed by atoms with Crippen LogP contribution in [0.25, 0.3) is 6.08 Å². The maximum absolute atomic E-state index is 12.7. The quantitative estimate of drug-likeness (QED) is 0.455. The Labute approximate surface area is 194 Å². The second kappa shape index (κ2) is 11.1. The highest BCUT2D eigenvalue weighted by Crippen LogP contribution is 2.32. The van der Waals surface area contributed by atoms with Crippen LogP contribution in [0.3, 0.4) is 0 Å². The first-order chi connectivity index (χ1) is 15.9. The largest absolute Gasteiger partial charge is 0.463 e. The van der Waals surface area contributed by atoms with Gasteiger partial charge in [-0.2, -0.15) is 0 Å². The van der Waals surface area contributed by atoms with Gasteiger partial charge in [-0.25, -0.2) is 9.59 Å². The molecule has 3 amide bonds. The summed E-state index contributed by atoms with van der Waals surface area (Å²) < 4.78 is 5.27. The van der Waals surface area contributed by atoms with Crippen LogP contribution in [-0.4, -0.2) is 36.0 Å². The first-order valence-corrected chi connectivity index (χ1v) is 11.0. The molecule has 172 valence electrons. The molecule has 7 heteroatoms. The number of nitrogens with one attached hydrogen (secondary N) is 2. The topological polar surface area (TPSA) is 87.7 Å². The van der Waals surface area contributed by atoms with E-state index in [1.165, 1.54) is 6.08 Å². The summed E-state index contributed by atoms with van der Waals surface area (Å²) in [5, 5.41) is 5.73. The number of hydrogen-bond acceptors (Lipinski definition) is 4. The summed E-state index contributed by atoms with van der Waals surface area (Å²) in [5.74, 6) is -0.708. The van der Waals surface area contributed by atoms with E-state index < -0.39 is 12.0 Å². The molecule has 0 saturated carbocycles. The number of rotatable bonds is 8. The lowest BCUT2D eigenvalue weighted by Gasteiger charge is -2.35. The maximum Gasteiger partial charge on any atom is 0.338 e. The minimum absolute atomic E-state index is 0.242. The van der Waals surface area contributed by atoms with Crippen molar-refractivity contribution in [3.8, 4) is 0 Å². The summed E-state index contributed by atoms with van der Waals surface area (Å²) in [4.78, 5) is 39.2. The van der Waals surface area contributed by atoms with Gasteiger partial charge in [-0.1, -0.05) is 49.4 Å².